The molecule has 4 nitrogen and oxygen atoms in total. The van der Waals surface area contributed by atoms with Gasteiger partial charge in [-0.15, -0.1) is 0 Å². The van der Waals surface area contributed by atoms with Crippen LogP contribution in [-0.2, 0) is 0 Å². The SMILES string of the molecule is CNC(c1cc(C)nnc1C)c1occc1Br. The van der Waals surface area contributed by atoms with Crippen molar-refractivity contribution in [1.82, 2.24) is 15.5 Å². The summed E-state index contributed by atoms with van der Waals surface area (Å²) in [5.41, 5.74) is 2.88. The fourth-order valence-corrected chi connectivity index (χ4v) is 2.23. The molecular formula is C12H14BrN3O. The highest BCUT2D eigenvalue weighted by Gasteiger charge is 2.21. The third-order valence-corrected chi connectivity index (χ3v) is 3.30. The van der Waals surface area contributed by atoms with Crippen LogP contribution in [0.4, 0.5) is 0 Å². The molecule has 2 rings (SSSR count). The fourth-order valence-electron chi connectivity index (χ4n) is 1.80. The second kappa shape index (κ2) is 4.98. The smallest absolute Gasteiger partial charge is 0.139 e. The van der Waals surface area contributed by atoms with E-state index in [1.165, 1.54) is 0 Å². The van der Waals surface area contributed by atoms with Crippen LogP contribution < -0.4 is 5.32 Å². The number of rotatable bonds is 3. The summed E-state index contributed by atoms with van der Waals surface area (Å²) < 4.78 is 6.46. The van der Waals surface area contributed by atoms with Crippen molar-refractivity contribution in [1.29, 1.82) is 0 Å². The van der Waals surface area contributed by atoms with E-state index in [0.29, 0.717) is 0 Å². The van der Waals surface area contributed by atoms with Crippen molar-refractivity contribution in [2.24, 2.45) is 0 Å². The zero-order chi connectivity index (χ0) is 12.4. The Morgan fingerprint density at radius 3 is 2.71 bits per heavy atom. The van der Waals surface area contributed by atoms with E-state index < -0.39 is 0 Å². The predicted octanol–water partition coefficient (Wildman–Crippen LogP) is 2.76. The molecule has 0 aromatic carbocycles. The maximum atomic E-state index is 5.51. The molecule has 0 spiro atoms. The van der Waals surface area contributed by atoms with Gasteiger partial charge in [0.05, 0.1) is 28.2 Å². The maximum absolute atomic E-state index is 5.51. The summed E-state index contributed by atoms with van der Waals surface area (Å²) in [5, 5.41) is 11.4. The molecule has 0 saturated heterocycles. The number of aromatic nitrogens is 2. The van der Waals surface area contributed by atoms with Gasteiger partial charge in [0.2, 0.25) is 0 Å². The summed E-state index contributed by atoms with van der Waals surface area (Å²) in [4.78, 5) is 0. The highest BCUT2D eigenvalue weighted by Crippen LogP contribution is 2.30. The van der Waals surface area contributed by atoms with Crippen LogP contribution in [-0.4, -0.2) is 17.2 Å². The lowest BCUT2D eigenvalue weighted by Gasteiger charge is -2.16. The predicted molar refractivity (Wildman–Crippen MR) is 68.8 cm³/mol. The molecule has 2 heterocycles. The minimum absolute atomic E-state index is 0.0198. The normalized spacial score (nSPS) is 12.7. The van der Waals surface area contributed by atoms with Crippen molar-refractivity contribution in [3.8, 4) is 0 Å². The van der Waals surface area contributed by atoms with Gasteiger partial charge in [0, 0.05) is 5.56 Å². The van der Waals surface area contributed by atoms with Crippen LogP contribution in [0.2, 0.25) is 0 Å². The minimum Gasteiger partial charge on any atom is -0.466 e. The summed E-state index contributed by atoms with van der Waals surface area (Å²) in [6.07, 6.45) is 1.67. The van der Waals surface area contributed by atoms with Gasteiger partial charge in [-0.1, -0.05) is 0 Å². The highest BCUT2D eigenvalue weighted by molar-refractivity contribution is 9.10. The molecule has 0 fully saturated rings. The van der Waals surface area contributed by atoms with Gasteiger partial charge in [0.15, 0.2) is 0 Å². The zero-order valence-corrected chi connectivity index (χ0v) is 11.6. The number of aryl methyl sites for hydroxylation is 2. The van der Waals surface area contributed by atoms with E-state index in [2.05, 4.69) is 31.4 Å². The summed E-state index contributed by atoms with van der Waals surface area (Å²) in [7, 11) is 1.90. The molecule has 1 unspecified atom stereocenters. The monoisotopic (exact) mass is 295 g/mol. The standard InChI is InChI=1S/C12H14BrN3O/c1-7-6-9(8(2)16-15-7)11(14-3)12-10(13)4-5-17-12/h4-6,11,14H,1-3H3. The van der Waals surface area contributed by atoms with Gasteiger partial charge in [0.1, 0.15) is 5.76 Å². The molecule has 0 amide bonds. The quantitative estimate of drug-likeness (QED) is 0.946. The van der Waals surface area contributed by atoms with E-state index in [-0.39, 0.29) is 6.04 Å². The first-order chi connectivity index (χ1) is 8.13. The van der Waals surface area contributed by atoms with Crippen LogP contribution in [0.1, 0.15) is 28.8 Å². The van der Waals surface area contributed by atoms with Crippen LogP contribution in [0.5, 0.6) is 0 Å². The molecule has 17 heavy (non-hydrogen) atoms. The molecule has 0 aliphatic rings. The van der Waals surface area contributed by atoms with Crippen molar-refractivity contribution in [3.05, 3.63) is 45.6 Å². The summed E-state index contributed by atoms with van der Waals surface area (Å²) in [5.74, 6) is 0.850. The number of nitrogens with one attached hydrogen (secondary N) is 1. The first kappa shape index (κ1) is 12.3. The van der Waals surface area contributed by atoms with E-state index in [4.69, 9.17) is 4.42 Å². The topological polar surface area (TPSA) is 51.0 Å². The molecule has 2 aromatic rings. The van der Waals surface area contributed by atoms with Crippen LogP contribution >= 0.6 is 15.9 Å². The van der Waals surface area contributed by atoms with Crippen LogP contribution in [0.15, 0.2) is 27.3 Å². The molecule has 0 radical (unpaired) electrons. The first-order valence-corrected chi connectivity index (χ1v) is 6.13. The molecule has 0 saturated carbocycles. The first-order valence-electron chi connectivity index (χ1n) is 5.34. The molecule has 0 aliphatic carbocycles. The maximum Gasteiger partial charge on any atom is 0.139 e. The van der Waals surface area contributed by atoms with Gasteiger partial charge >= 0.3 is 0 Å². The second-order valence-corrected chi connectivity index (χ2v) is 4.74. The Balaban J connectivity index is 2.49. The summed E-state index contributed by atoms with van der Waals surface area (Å²) in [6.45, 7) is 3.88. The Hall–Kier alpha value is -1.20. The zero-order valence-electron chi connectivity index (χ0n) is 9.99. The lowest BCUT2D eigenvalue weighted by molar-refractivity contribution is 0.458. The average molecular weight is 296 g/mol. The highest BCUT2D eigenvalue weighted by atomic mass is 79.9. The Bertz CT molecular complexity index is 524. The van der Waals surface area contributed by atoms with Crippen molar-refractivity contribution in [2.75, 3.05) is 7.05 Å². The number of hydrogen-bond donors (Lipinski definition) is 1. The van der Waals surface area contributed by atoms with E-state index >= 15 is 0 Å². The second-order valence-electron chi connectivity index (χ2n) is 3.88. The number of furan rings is 1. The summed E-state index contributed by atoms with van der Waals surface area (Å²) in [6, 6.07) is 3.89. The molecule has 0 bridgehead atoms. The molecule has 5 heteroatoms. The van der Waals surface area contributed by atoms with Gasteiger partial charge in [-0.25, -0.2) is 0 Å². The molecule has 90 valence electrons. The lowest BCUT2D eigenvalue weighted by atomic mass is 10.0. The van der Waals surface area contributed by atoms with Gasteiger partial charge in [0.25, 0.3) is 0 Å². The third kappa shape index (κ3) is 2.40. The van der Waals surface area contributed by atoms with Gasteiger partial charge in [-0.2, -0.15) is 10.2 Å². The van der Waals surface area contributed by atoms with Crippen molar-refractivity contribution in [2.45, 2.75) is 19.9 Å². The van der Waals surface area contributed by atoms with E-state index in [1.54, 1.807) is 6.26 Å². The van der Waals surface area contributed by atoms with Crippen LogP contribution in [0.3, 0.4) is 0 Å². The van der Waals surface area contributed by atoms with Crippen molar-refractivity contribution >= 4 is 15.9 Å². The Morgan fingerprint density at radius 1 is 1.35 bits per heavy atom. The number of halogens is 1. The molecule has 0 aliphatic heterocycles. The largest absolute Gasteiger partial charge is 0.466 e. The van der Waals surface area contributed by atoms with Gasteiger partial charge < -0.3 is 9.73 Å². The van der Waals surface area contributed by atoms with Crippen LogP contribution in [0.25, 0.3) is 0 Å². The average Bonchev–Trinajstić information content (AvgIpc) is 2.71. The fraction of sp³-hybridized carbons (Fsp3) is 0.333. The molecule has 1 N–H and O–H groups in total. The summed E-state index contributed by atoms with van der Waals surface area (Å²) >= 11 is 3.48. The Labute approximate surface area is 109 Å². The Kier molecular flexibility index (Phi) is 3.59. The van der Waals surface area contributed by atoms with Crippen LogP contribution in [0, 0.1) is 13.8 Å². The van der Waals surface area contributed by atoms with Gasteiger partial charge in [-0.05, 0) is 49.0 Å². The minimum atomic E-state index is -0.0198. The lowest BCUT2D eigenvalue weighted by Crippen LogP contribution is -2.19. The number of hydrogen-bond acceptors (Lipinski definition) is 4. The third-order valence-electron chi connectivity index (χ3n) is 2.65. The van der Waals surface area contributed by atoms with Crippen molar-refractivity contribution < 1.29 is 4.42 Å². The van der Waals surface area contributed by atoms with E-state index in [1.807, 2.05) is 33.0 Å². The van der Waals surface area contributed by atoms with E-state index in [9.17, 15) is 0 Å². The van der Waals surface area contributed by atoms with E-state index in [0.717, 1.165) is 27.2 Å². The molecule has 1 atom stereocenters. The molecular weight excluding hydrogens is 282 g/mol. The molecule has 2 aromatic heterocycles. The Morgan fingerprint density at radius 2 is 2.12 bits per heavy atom. The van der Waals surface area contributed by atoms with Gasteiger partial charge in [-0.3, -0.25) is 0 Å². The van der Waals surface area contributed by atoms with Crippen molar-refractivity contribution in [3.63, 3.8) is 0 Å². The number of nitrogens with zero attached hydrogens (tertiary/aromatic N) is 2.